The molecular formula is C22H23FN4O2. The maximum Gasteiger partial charge on any atom is 0.229 e. The van der Waals surface area contributed by atoms with Crippen LogP contribution in [0.15, 0.2) is 54.9 Å². The van der Waals surface area contributed by atoms with Gasteiger partial charge in [-0.05, 0) is 38.0 Å². The molecule has 2 heterocycles. The molecule has 150 valence electrons. The minimum atomic E-state index is -0.447. The number of hydrogen-bond donors (Lipinski definition) is 1. The third-order valence-corrected chi connectivity index (χ3v) is 5.26. The largest absolute Gasteiger partial charge is 0.489 e. The van der Waals surface area contributed by atoms with Gasteiger partial charge in [0.1, 0.15) is 17.5 Å². The van der Waals surface area contributed by atoms with Gasteiger partial charge in [-0.3, -0.25) is 4.79 Å². The van der Waals surface area contributed by atoms with Crippen LogP contribution in [-0.4, -0.2) is 27.5 Å². The Labute approximate surface area is 169 Å². The second-order valence-corrected chi connectivity index (χ2v) is 7.29. The van der Waals surface area contributed by atoms with Crippen LogP contribution in [-0.2, 0) is 10.2 Å². The Balaban J connectivity index is 0.00000256. The maximum absolute atomic E-state index is 13.1. The summed E-state index contributed by atoms with van der Waals surface area (Å²) in [6.45, 7) is 4.03. The molecule has 1 aliphatic carbocycles. The zero-order valence-electron chi connectivity index (χ0n) is 16.2. The summed E-state index contributed by atoms with van der Waals surface area (Å²) in [5.41, 5.74) is 1.36. The molecule has 1 aromatic carbocycles. The second kappa shape index (κ2) is 7.58. The highest BCUT2D eigenvalue weighted by atomic mass is 19.1. The monoisotopic (exact) mass is 394 g/mol. The van der Waals surface area contributed by atoms with Crippen molar-refractivity contribution in [3.8, 4) is 5.75 Å². The number of aryl methyl sites for hydroxylation is 2. The summed E-state index contributed by atoms with van der Waals surface area (Å²) in [6, 6.07) is 12.6. The van der Waals surface area contributed by atoms with Crippen LogP contribution in [0.25, 0.3) is 0 Å². The average molecular weight is 394 g/mol. The van der Waals surface area contributed by atoms with Crippen LogP contribution in [0.1, 0.15) is 24.9 Å². The highest BCUT2D eigenvalue weighted by Gasteiger charge is 2.60. The van der Waals surface area contributed by atoms with Gasteiger partial charge < -0.3 is 10.1 Å². The molecule has 29 heavy (non-hydrogen) atoms. The van der Waals surface area contributed by atoms with E-state index in [0.29, 0.717) is 30.4 Å². The zero-order valence-corrected chi connectivity index (χ0v) is 16.2. The molecule has 7 heteroatoms. The summed E-state index contributed by atoms with van der Waals surface area (Å²) < 4.78 is 19.1. The molecule has 0 radical (unpaired) electrons. The van der Waals surface area contributed by atoms with Crippen molar-refractivity contribution in [2.45, 2.75) is 25.7 Å². The van der Waals surface area contributed by atoms with Gasteiger partial charge in [0, 0.05) is 6.84 Å². The molecule has 3 aromatic rings. The van der Waals surface area contributed by atoms with Gasteiger partial charge in [0.2, 0.25) is 5.91 Å². The Morgan fingerprint density at radius 1 is 1.21 bits per heavy atom. The number of ether oxygens (including phenoxy) is 1. The maximum atomic E-state index is 13.1. The Morgan fingerprint density at radius 3 is 2.69 bits per heavy atom. The van der Waals surface area contributed by atoms with Gasteiger partial charge >= 0.3 is 0 Å². The van der Waals surface area contributed by atoms with Crippen molar-refractivity contribution in [3.63, 3.8) is 0 Å². The quantitative estimate of drug-likeness (QED) is 0.687. The minimum Gasteiger partial charge on any atom is -0.489 e. The predicted octanol–water partition coefficient (Wildman–Crippen LogP) is 3.85. The van der Waals surface area contributed by atoms with Crippen molar-refractivity contribution in [2.75, 3.05) is 11.9 Å². The van der Waals surface area contributed by atoms with Crippen LogP contribution in [0.3, 0.4) is 0 Å². The standard InChI is InChI=1S/C22H21FN4O2.H2/c1-14-19(12-24-15(2)26-14)29-13-22(16-6-4-3-5-7-16)10-18(22)21(28)27-20-9-8-17(23)11-25-20;/h3-9,11-12,18H,10,13H2,1-2H3,(H,25,27,28);1H/t18-,22+;/m0./s1. The van der Waals surface area contributed by atoms with E-state index in [2.05, 4.69) is 20.3 Å². The number of anilines is 1. The first-order valence-electron chi connectivity index (χ1n) is 9.39. The van der Waals surface area contributed by atoms with Gasteiger partial charge in [0.25, 0.3) is 0 Å². The number of carbonyl (C=O) groups excluding carboxylic acids is 1. The molecule has 1 amide bonds. The van der Waals surface area contributed by atoms with Crippen molar-refractivity contribution in [2.24, 2.45) is 5.92 Å². The van der Waals surface area contributed by atoms with Crippen molar-refractivity contribution < 1.29 is 15.3 Å². The van der Waals surface area contributed by atoms with Crippen LogP contribution in [0, 0.1) is 25.6 Å². The lowest BCUT2D eigenvalue weighted by Crippen LogP contribution is -2.27. The Morgan fingerprint density at radius 2 is 2.00 bits per heavy atom. The predicted molar refractivity (Wildman–Crippen MR) is 108 cm³/mol. The molecule has 2 atom stereocenters. The summed E-state index contributed by atoms with van der Waals surface area (Å²) in [5.74, 6) is 0.739. The number of aromatic nitrogens is 3. The number of benzene rings is 1. The fourth-order valence-electron chi connectivity index (χ4n) is 3.56. The molecule has 1 N–H and O–H groups in total. The first kappa shape index (κ1) is 19.0. The molecule has 0 aliphatic heterocycles. The number of nitrogens with zero attached hydrogens (tertiary/aromatic N) is 3. The van der Waals surface area contributed by atoms with E-state index in [-0.39, 0.29) is 13.3 Å². The third-order valence-electron chi connectivity index (χ3n) is 5.26. The van der Waals surface area contributed by atoms with Gasteiger partial charge in [0.15, 0.2) is 5.75 Å². The summed E-state index contributed by atoms with van der Waals surface area (Å²) in [4.78, 5) is 25.3. The fourth-order valence-corrected chi connectivity index (χ4v) is 3.56. The fraction of sp³-hybridized carbons (Fsp3) is 0.273. The first-order chi connectivity index (χ1) is 14.0. The van der Waals surface area contributed by atoms with E-state index in [4.69, 9.17) is 4.74 Å². The smallest absolute Gasteiger partial charge is 0.229 e. The van der Waals surface area contributed by atoms with Crippen LogP contribution < -0.4 is 10.1 Å². The second-order valence-electron chi connectivity index (χ2n) is 7.29. The average Bonchev–Trinajstić information content (AvgIpc) is 3.46. The number of hydrogen-bond acceptors (Lipinski definition) is 5. The van der Waals surface area contributed by atoms with Crippen molar-refractivity contribution in [1.29, 1.82) is 0 Å². The summed E-state index contributed by atoms with van der Waals surface area (Å²) in [7, 11) is 0. The molecular weight excluding hydrogens is 371 g/mol. The SMILES string of the molecule is Cc1ncc(OC[C@@]2(c3ccccc3)C[C@H]2C(=O)Nc2ccc(F)cn2)c(C)n1.[HH]. The summed E-state index contributed by atoms with van der Waals surface area (Å²) >= 11 is 0. The van der Waals surface area contributed by atoms with Gasteiger partial charge in [-0.25, -0.2) is 19.3 Å². The van der Waals surface area contributed by atoms with Gasteiger partial charge in [-0.15, -0.1) is 0 Å². The number of amides is 1. The lowest BCUT2D eigenvalue weighted by Gasteiger charge is -2.19. The molecule has 6 nitrogen and oxygen atoms in total. The third kappa shape index (κ3) is 3.94. The van der Waals surface area contributed by atoms with E-state index in [1.165, 1.54) is 12.1 Å². The number of rotatable bonds is 6. The molecule has 1 aliphatic rings. The molecule has 0 unspecified atom stereocenters. The van der Waals surface area contributed by atoms with Crippen LogP contribution in [0.5, 0.6) is 5.75 Å². The Bertz CT molecular complexity index is 1030. The Kier molecular flexibility index (Phi) is 4.96. The minimum absolute atomic E-state index is 0. The molecule has 1 saturated carbocycles. The first-order valence-corrected chi connectivity index (χ1v) is 9.39. The number of carbonyl (C=O) groups is 1. The van der Waals surface area contributed by atoms with Gasteiger partial charge in [-0.1, -0.05) is 30.3 Å². The highest BCUT2D eigenvalue weighted by Crippen LogP contribution is 2.55. The van der Waals surface area contributed by atoms with E-state index in [1.54, 1.807) is 6.20 Å². The molecule has 0 spiro atoms. The van der Waals surface area contributed by atoms with E-state index in [0.717, 1.165) is 17.5 Å². The van der Waals surface area contributed by atoms with Crippen LogP contribution in [0.2, 0.25) is 0 Å². The number of pyridine rings is 1. The molecule has 1 fully saturated rings. The molecule has 2 aromatic heterocycles. The molecule has 0 bridgehead atoms. The molecule has 4 rings (SSSR count). The topological polar surface area (TPSA) is 77.0 Å². The summed E-state index contributed by atoms with van der Waals surface area (Å²) in [5, 5.41) is 2.78. The van der Waals surface area contributed by atoms with E-state index in [1.807, 2.05) is 44.2 Å². The Hall–Kier alpha value is -3.35. The van der Waals surface area contributed by atoms with Crippen LogP contribution in [0.4, 0.5) is 10.2 Å². The number of halogens is 1. The normalized spacial score (nSPS) is 20.2. The van der Waals surface area contributed by atoms with E-state index >= 15 is 0 Å². The van der Waals surface area contributed by atoms with Crippen molar-refractivity contribution in [1.82, 2.24) is 15.0 Å². The van der Waals surface area contributed by atoms with Crippen molar-refractivity contribution >= 4 is 11.7 Å². The van der Waals surface area contributed by atoms with Gasteiger partial charge in [-0.2, -0.15) is 0 Å². The van der Waals surface area contributed by atoms with Crippen molar-refractivity contribution in [3.05, 3.63) is 77.8 Å². The van der Waals surface area contributed by atoms with Crippen LogP contribution >= 0.6 is 0 Å². The lowest BCUT2D eigenvalue weighted by molar-refractivity contribution is -0.117. The number of nitrogens with one attached hydrogen (secondary N) is 1. The lowest BCUT2D eigenvalue weighted by atomic mass is 9.93. The van der Waals surface area contributed by atoms with E-state index < -0.39 is 11.2 Å². The summed E-state index contributed by atoms with van der Waals surface area (Å²) in [6.07, 6.45) is 3.39. The molecule has 0 saturated heterocycles. The zero-order chi connectivity index (χ0) is 20.4. The van der Waals surface area contributed by atoms with Gasteiger partial charge in [0.05, 0.1) is 30.6 Å². The highest BCUT2D eigenvalue weighted by molar-refractivity contribution is 5.95. The van der Waals surface area contributed by atoms with E-state index in [9.17, 15) is 9.18 Å².